The second kappa shape index (κ2) is 7.87. The largest absolute Gasteiger partial charge is 0.470 e. The lowest BCUT2D eigenvalue weighted by Crippen LogP contribution is -2.08. The van der Waals surface area contributed by atoms with Crippen LogP contribution in [0.1, 0.15) is 21.6 Å². The molecule has 2 heterocycles. The summed E-state index contributed by atoms with van der Waals surface area (Å²) in [5.74, 6) is 1.57. The molecule has 6 heteroatoms. The number of aldehydes is 1. The number of ether oxygens (including phenoxy) is 1. The fraction of sp³-hybridized carbons (Fsp3) is 0.294. The molecule has 0 atom stereocenters. The summed E-state index contributed by atoms with van der Waals surface area (Å²) in [6, 6.07) is 11.4. The van der Waals surface area contributed by atoms with Crippen LogP contribution in [-0.2, 0) is 12.8 Å². The number of thioether (sulfide) groups is 1. The predicted molar refractivity (Wildman–Crippen MR) is 91.5 cm³/mol. The van der Waals surface area contributed by atoms with Gasteiger partial charge < -0.3 is 4.74 Å². The van der Waals surface area contributed by atoms with E-state index in [2.05, 4.69) is 15.2 Å². The summed E-state index contributed by atoms with van der Waals surface area (Å²) >= 11 is 1.73. The summed E-state index contributed by atoms with van der Waals surface area (Å²) in [5.41, 5.74) is 2.79. The van der Waals surface area contributed by atoms with Gasteiger partial charge in [0.2, 0.25) is 5.88 Å². The lowest BCUT2D eigenvalue weighted by Gasteiger charge is -2.05. The standard InChI is InChI=1S/C17H17N3O2S/c21-11-14-3-1-13(2-4-14)5-6-15-7-8-16(20-19-15)22-12-17-18-9-10-23-17/h1-4,7-8,11H,5-6,9-10,12H2. The van der Waals surface area contributed by atoms with Crippen LogP contribution in [0.5, 0.6) is 5.88 Å². The monoisotopic (exact) mass is 327 g/mol. The second-order valence-corrected chi connectivity index (χ2v) is 6.30. The summed E-state index contributed by atoms with van der Waals surface area (Å²) in [7, 11) is 0. The van der Waals surface area contributed by atoms with Crippen molar-refractivity contribution in [3.63, 3.8) is 0 Å². The zero-order valence-corrected chi connectivity index (χ0v) is 13.5. The van der Waals surface area contributed by atoms with Gasteiger partial charge in [-0.05, 0) is 24.5 Å². The first-order valence-corrected chi connectivity index (χ1v) is 8.48. The van der Waals surface area contributed by atoms with E-state index in [1.807, 2.05) is 36.4 Å². The Bertz CT molecular complexity index is 684. The van der Waals surface area contributed by atoms with Crippen molar-refractivity contribution in [3.8, 4) is 5.88 Å². The van der Waals surface area contributed by atoms with Crippen molar-refractivity contribution in [2.75, 3.05) is 18.9 Å². The van der Waals surface area contributed by atoms with Crippen LogP contribution in [-0.4, -0.2) is 40.4 Å². The number of carbonyl (C=O) groups is 1. The smallest absolute Gasteiger partial charge is 0.233 e. The van der Waals surface area contributed by atoms with E-state index >= 15 is 0 Å². The van der Waals surface area contributed by atoms with Crippen molar-refractivity contribution in [2.45, 2.75) is 12.8 Å². The van der Waals surface area contributed by atoms with E-state index in [-0.39, 0.29) is 0 Å². The SMILES string of the molecule is O=Cc1ccc(CCc2ccc(OCC3=NCCS3)nn2)cc1. The van der Waals surface area contributed by atoms with Gasteiger partial charge in [-0.2, -0.15) is 5.10 Å². The van der Waals surface area contributed by atoms with Gasteiger partial charge in [-0.1, -0.05) is 24.3 Å². The van der Waals surface area contributed by atoms with Crippen LogP contribution in [0, 0.1) is 0 Å². The molecule has 5 nitrogen and oxygen atoms in total. The molecule has 0 N–H and O–H groups in total. The molecule has 23 heavy (non-hydrogen) atoms. The van der Waals surface area contributed by atoms with Gasteiger partial charge in [0.15, 0.2) is 0 Å². The van der Waals surface area contributed by atoms with E-state index in [1.54, 1.807) is 11.8 Å². The molecule has 1 aromatic carbocycles. The van der Waals surface area contributed by atoms with Crippen LogP contribution in [0.15, 0.2) is 41.4 Å². The Balaban J connectivity index is 1.49. The van der Waals surface area contributed by atoms with Crippen molar-refractivity contribution in [1.82, 2.24) is 10.2 Å². The van der Waals surface area contributed by atoms with Crippen LogP contribution in [0.3, 0.4) is 0 Å². The summed E-state index contributed by atoms with van der Waals surface area (Å²) in [4.78, 5) is 15.0. The Hall–Kier alpha value is -2.21. The van der Waals surface area contributed by atoms with Crippen LogP contribution in [0.4, 0.5) is 0 Å². The normalized spacial score (nSPS) is 13.7. The lowest BCUT2D eigenvalue weighted by atomic mass is 10.1. The molecule has 0 saturated heterocycles. The first-order valence-electron chi connectivity index (χ1n) is 7.49. The maximum atomic E-state index is 10.6. The van der Waals surface area contributed by atoms with Crippen LogP contribution < -0.4 is 4.74 Å². The number of aliphatic imine (C=N–C) groups is 1. The average Bonchev–Trinajstić information content (AvgIpc) is 3.13. The van der Waals surface area contributed by atoms with Crippen LogP contribution in [0.2, 0.25) is 0 Å². The Morgan fingerprint density at radius 3 is 2.61 bits per heavy atom. The van der Waals surface area contributed by atoms with Gasteiger partial charge in [0, 0.05) is 23.9 Å². The third kappa shape index (κ3) is 4.63. The van der Waals surface area contributed by atoms with Gasteiger partial charge >= 0.3 is 0 Å². The van der Waals surface area contributed by atoms with E-state index in [9.17, 15) is 4.79 Å². The average molecular weight is 327 g/mol. The third-order valence-electron chi connectivity index (χ3n) is 3.47. The molecule has 0 aliphatic carbocycles. The molecule has 0 spiro atoms. The number of benzene rings is 1. The van der Waals surface area contributed by atoms with E-state index < -0.39 is 0 Å². The fourth-order valence-electron chi connectivity index (χ4n) is 2.20. The summed E-state index contributed by atoms with van der Waals surface area (Å²) in [5, 5.41) is 9.31. The molecule has 1 aliphatic rings. The fourth-order valence-corrected chi connectivity index (χ4v) is 2.94. The molecular weight excluding hydrogens is 310 g/mol. The van der Waals surface area contributed by atoms with Crippen molar-refractivity contribution < 1.29 is 9.53 Å². The molecule has 0 fully saturated rings. The Morgan fingerprint density at radius 1 is 1.09 bits per heavy atom. The zero-order valence-electron chi connectivity index (χ0n) is 12.6. The number of aryl methyl sites for hydroxylation is 2. The number of rotatable bonds is 7. The minimum Gasteiger partial charge on any atom is -0.470 e. The van der Waals surface area contributed by atoms with Gasteiger partial charge in [0.1, 0.15) is 17.9 Å². The van der Waals surface area contributed by atoms with Crippen LogP contribution in [0.25, 0.3) is 0 Å². The summed E-state index contributed by atoms with van der Waals surface area (Å²) in [6.45, 7) is 1.35. The number of nitrogens with zero attached hydrogens (tertiary/aromatic N) is 3. The molecule has 1 aromatic heterocycles. The third-order valence-corrected chi connectivity index (χ3v) is 4.44. The lowest BCUT2D eigenvalue weighted by molar-refractivity contribution is 0.112. The molecular formula is C17H17N3O2S. The Labute approximate surface area is 139 Å². The van der Waals surface area contributed by atoms with E-state index in [4.69, 9.17) is 4.74 Å². The van der Waals surface area contributed by atoms with Crippen LogP contribution >= 0.6 is 11.8 Å². The molecule has 0 amide bonds. The van der Waals surface area contributed by atoms with Gasteiger partial charge in [-0.3, -0.25) is 9.79 Å². The molecule has 0 radical (unpaired) electrons. The van der Waals surface area contributed by atoms with Gasteiger partial charge in [0.25, 0.3) is 0 Å². The van der Waals surface area contributed by atoms with Crippen molar-refractivity contribution in [1.29, 1.82) is 0 Å². The first kappa shape index (κ1) is 15.7. The Kier molecular flexibility index (Phi) is 5.37. The molecule has 0 bridgehead atoms. The second-order valence-electron chi connectivity index (χ2n) is 5.13. The highest BCUT2D eigenvalue weighted by Crippen LogP contribution is 2.14. The van der Waals surface area contributed by atoms with Crippen molar-refractivity contribution in [2.24, 2.45) is 4.99 Å². The van der Waals surface area contributed by atoms with Gasteiger partial charge in [0.05, 0.1) is 5.69 Å². The number of aromatic nitrogens is 2. The molecule has 118 valence electrons. The Morgan fingerprint density at radius 2 is 1.96 bits per heavy atom. The first-order chi connectivity index (χ1) is 11.3. The number of carbonyl (C=O) groups excluding carboxylic acids is 1. The predicted octanol–water partition coefficient (Wildman–Crippen LogP) is 2.60. The topological polar surface area (TPSA) is 64.4 Å². The highest BCUT2D eigenvalue weighted by atomic mass is 32.2. The van der Waals surface area contributed by atoms with Gasteiger partial charge in [-0.25, -0.2) is 0 Å². The zero-order chi connectivity index (χ0) is 15.9. The van der Waals surface area contributed by atoms with Crippen molar-refractivity contribution in [3.05, 3.63) is 53.2 Å². The number of hydrogen-bond acceptors (Lipinski definition) is 6. The van der Waals surface area contributed by atoms with E-state index in [1.165, 1.54) is 5.56 Å². The highest BCUT2D eigenvalue weighted by molar-refractivity contribution is 8.14. The minimum atomic E-state index is 0.474. The molecule has 0 unspecified atom stereocenters. The quantitative estimate of drug-likeness (QED) is 0.731. The van der Waals surface area contributed by atoms with Gasteiger partial charge in [-0.15, -0.1) is 16.9 Å². The van der Waals surface area contributed by atoms with E-state index in [0.29, 0.717) is 18.1 Å². The maximum absolute atomic E-state index is 10.6. The van der Waals surface area contributed by atoms with Crippen molar-refractivity contribution >= 4 is 23.1 Å². The molecule has 0 saturated carbocycles. The number of hydrogen-bond donors (Lipinski definition) is 0. The van der Waals surface area contributed by atoms with E-state index in [0.717, 1.165) is 42.2 Å². The highest BCUT2D eigenvalue weighted by Gasteiger charge is 2.08. The molecule has 1 aliphatic heterocycles. The maximum Gasteiger partial charge on any atom is 0.233 e. The summed E-state index contributed by atoms with van der Waals surface area (Å²) < 4.78 is 5.57. The minimum absolute atomic E-state index is 0.474. The molecule has 2 aromatic rings. The summed E-state index contributed by atoms with van der Waals surface area (Å²) in [6.07, 6.45) is 2.52. The molecule has 3 rings (SSSR count).